The van der Waals surface area contributed by atoms with Gasteiger partial charge in [0.1, 0.15) is 5.52 Å². The second-order valence-electron chi connectivity index (χ2n) is 4.22. The number of nitrogens with one attached hydrogen (secondary N) is 1. The Hall–Kier alpha value is -1.95. The van der Waals surface area contributed by atoms with Crippen LogP contribution < -0.4 is 5.56 Å². The molecule has 3 rings (SSSR count). The molecule has 0 amide bonds. The number of aromatic amines is 1. The smallest absolute Gasteiger partial charge is 0.280 e. The lowest BCUT2D eigenvalue weighted by Gasteiger charge is -2.04. The minimum absolute atomic E-state index is 0.240. The van der Waals surface area contributed by atoms with Crippen molar-refractivity contribution < 1.29 is 0 Å². The third-order valence-corrected chi connectivity index (χ3v) is 3.58. The number of hydrogen-bond acceptors (Lipinski definition) is 5. The highest BCUT2D eigenvalue weighted by Gasteiger charge is 2.10. The van der Waals surface area contributed by atoms with Gasteiger partial charge >= 0.3 is 0 Å². The van der Waals surface area contributed by atoms with Crippen LogP contribution >= 0.6 is 11.8 Å². The third-order valence-electron chi connectivity index (χ3n) is 2.82. The van der Waals surface area contributed by atoms with Crippen molar-refractivity contribution in [1.29, 1.82) is 0 Å². The molecule has 0 saturated carbocycles. The van der Waals surface area contributed by atoms with Crippen LogP contribution in [0.2, 0.25) is 0 Å². The van der Waals surface area contributed by atoms with Crippen LogP contribution in [0, 0.1) is 6.92 Å². The predicted molar refractivity (Wildman–Crippen MR) is 76.6 cm³/mol. The Balaban J connectivity index is 2.42. The van der Waals surface area contributed by atoms with E-state index in [0.29, 0.717) is 10.7 Å². The molecule has 0 aliphatic rings. The summed E-state index contributed by atoms with van der Waals surface area (Å²) in [5.74, 6) is 0.851. The summed E-state index contributed by atoms with van der Waals surface area (Å²) in [6, 6.07) is 5.87. The lowest BCUT2D eigenvalue weighted by molar-refractivity contribution is 0.957. The molecule has 5 nitrogen and oxygen atoms in total. The number of fused-ring (bicyclic) bond motifs is 3. The number of H-pyrrole nitrogens is 1. The lowest BCUT2D eigenvalue weighted by Crippen LogP contribution is -2.12. The molecule has 0 spiro atoms. The monoisotopic (exact) mass is 272 g/mol. The van der Waals surface area contributed by atoms with Gasteiger partial charge in [-0.05, 0) is 24.3 Å². The number of aryl methyl sites for hydroxylation is 1. The molecule has 6 heteroatoms. The van der Waals surface area contributed by atoms with Gasteiger partial charge in [0.15, 0.2) is 10.7 Å². The van der Waals surface area contributed by atoms with Gasteiger partial charge in [0.05, 0.1) is 5.52 Å². The van der Waals surface area contributed by atoms with Gasteiger partial charge in [0.25, 0.3) is 5.56 Å². The first kappa shape index (κ1) is 12.1. The molecule has 96 valence electrons. The summed E-state index contributed by atoms with van der Waals surface area (Å²) in [4.78, 5) is 19.2. The molecular weight excluding hydrogens is 260 g/mol. The molecule has 0 radical (unpaired) electrons. The van der Waals surface area contributed by atoms with E-state index >= 15 is 0 Å². The Labute approximate surface area is 113 Å². The molecule has 0 bridgehead atoms. The standard InChI is InChI=1S/C13H12N4OS/c1-3-19-13-14-10-8-5-4-7(2)6-9(8)16-17-11(10)12(18)15-13/h4-6H,3H2,1-2H3,(H,14,15,18). The summed E-state index contributed by atoms with van der Waals surface area (Å²) in [6.45, 7) is 4.01. The summed E-state index contributed by atoms with van der Waals surface area (Å²) < 4.78 is 0. The summed E-state index contributed by atoms with van der Waals surface area (Å²) in [7, 11) is 0. The summed E-state index contributed by atoms with van der Waals surface area (Å²) >= 11 is 1.50. The number of thioether (sulfide) groups is 1. The fourth-order valence-electron chi connectivity index (χ4n) is 1.96. The average molecular weight is 272 g/mol. The van der Waals surface area contributed by atoms with E-state index in [0.717, 1.165) is 22.2 Å². The van der Waals surface area contributed by atoms with Crippen LogP contribution in [0.15, 0.2) is 28.2 Å². The fourth-order valence-corrected chi connectivity index (χ4v) is 2.55. The van der Waals surface area contributed by atoms with E-state index in [1.165, 1.54) is 11.8 Å². The van der Waals surface area contributed by atoms with Crippen molar-refractivity contribution in [2.24, 2.45) is 0 Å². The molecule has 19 heavy (non-hydrogen) atoms. The van der Waals surface area contributed by atoms with E-state index in [2.05, 4.69) is 20.2 Å². The maximum Gasteiger partial charge on any atom is 0.280 e. The van der Waals surface area contributed by atoms with Crippen LogP contribution in [0.4, 0.5) is 0 Å². The van der Waals surface area contributed by atoms with Crippen molar-refractivity contribution in [3.63, 3.8) is 0 Å². The molecule has 2 aromatic heterocycles. The third kappa shape index (κ3) is 2.08. The number of nitrogens with zero attached hydrogens (tertiary/aromatic N) is 3. The van der Waals surface area contributed by atoms with Crippen molar-refractivity contribution in [2.75, 3.05) is 5.75 Å². The first-order chi connectivity index (χ1) is 9.19. The van der Waals surface area contributed by atoms with Gasteiger partial charge in [-0.1, -0.05) is 30.8 Å². The molecule has 3 aromatic rings. The zero-order chi connectivity index (χ0) is 13.4. The van der Waals surface area contributed by atoms with E-state index in [1.807, 2.05) is 32.0 Å². The first-order valence-corrected chi connectivity index (χ1v) is 6.97. The molecule has 0 aliphatic heterocycles. The van der Waals surface area contributed by atoms with Gasteiger partial charge in [-0.15, -0.1) is 10.2 Å². The lowest BCUT2D eigenvalue weighted by atomic mass is 10.1. The fraction of sp³-hybridized carbons (Fsp3) is 0.231. The summed E-state index contributed by atoms with van der Waals surface area (Å²) in [6.07, 6.45) is 0. The minimum atomic E-state index is -0.240. The maximum absolute atomic E-state index is 12.0. The molecule has 2 heterocycles. The zero-order valence-corrected chi connectivity index (χ0v) is 11.4. The zero-order valence-electron chi connectivity index (χ0n) is 10.6. The van der Waals surface area contributed by atoms with Crippen molar-refractivity contribution in [3.8, 4) is 0 Å². The highest BCUT2D eigenvalue weighted by atomic mass is 32.2. The van der Waals surface area contributed by atoms with Crippen LogP contribution in [0.5, 0.6) is 0 Å². The number of rotatable bonds is 2. The van der Waals surface area contributed by atoms with Crippen LogP contribution in [-0.2, 0) is 0 Å². The Morgan fingerprint density at radius 2 is 2.11 bits per heavy atom. The number of aromatic nitrogens is 4. The van der Waals surface area contributed by atoms with Crippen LogP contribution in [0.3, 0.4) is 0 Å². The normalized spacial score (nSPS) is 11.3. The van der Waals surface area contributed by atoms with E-state index in [-0.39, 0.29) is 11.1 Å². The second-order valence-corrected chi connectivity index (χ2v) is 5.47. The predicted octanol–water partition coefficient (Wildman–Crippen LogP) is 2.29. The highest BCUT2D eigenvalue weighted by Crippen LogP contribution is 2.21. The van der Waals surface area contributed by atoms with E-state index in [1.54, 1.807) is 0 Å². The molecule has 1 aromatic carbocycles. The van der Waals surface area contributed by atoms with Crippen LogP contribution in [-0.4, -0.2) is 25.9 Å². The Bertz CT molecular complexity index is 828. The first-order valence-electron chi connectivity index (χ1n) is 5.99. The van der Waals surface area contributed by atoms with Gasteiger partial charge in [-0.2, -0.15) is 0 Å². The Morgan fingerprint density at radius 1 is 1.26 bits per heavy atom. The Morgan fingerprint density at radius 3 is 2.89 bits per heavy atom. The molecule has 0 unspecified atom stereocenters. The molecule has 0 atom stereocenters. The van der Waals surface area contributed by atoms with Crippen molar-refractivity contribution in [2.45, 2.75) is 19.0 Å². The number of hydrogen-bond donors (Lipinski definition) is 1. The molecule has 0 aliphatic carbocycles. The van der Waals surface area contributed by atoms with Crippen molar-refractivity contribution in [3.05, 3.63) is 34.1 Å². The van der Waals surface area contributed by atoms with E-state index in [4.69, 9.17) is 0 Å². The maximum atomic E-state index is 12.0. The van der Waals surface area contributed by atoms with E-state index in [9.17, 15) is 4.79 Å². The molecule has 1 N–H and O–H groups in total. The van der Waals surface area contributed by atoms with E-state index < -0.39 is 0 Å². The van der Waals surface area contributed by atoms with Gasteiger partial charge in [0.2, 0.25) is 0 Å². The highest BCUT2D eigenvalue weighted by molar-refractivity contribution is 7.99. The van der Waals surface area contributed by atoms with Gasteiger partial charge in [0, 0.05) is 5.39 Å². The van der Waals surface area contributed by atoms with Gasteiger partial charge < -0.3 is 0 Å². The minimum Gasteiger partial charge on any atom is -0.300 e. The average Bonchev–Trinajstić information content (AvgIpc) is 2.38. The molecule has 0 saturated heterocycles. The molecule has 0 fully saturated rings. The largest absolute Gasteiger partial charge is 0.300 e. The number of benzene rings is 1. The Kier molecular flexibility index (Phi) is 2.94. The van der Waals surface area contributed by atoms with Crippen LogP contribution in [0.1, 0.15) is 12.5 Å². The van der Waals surface area contributed by atoms with Crippen molar-refractivity contribution >= 4 is 33.7 Å². The summed E-state index contributed by atoms with van der Waals surface area (Å²) in [5, 5.41) is 9.56. The van der Waals surface area contributed by atoms with Gasteiger partial charge in [-0.25, -0.2) is 4.98 Å². The quantitative estimate of drug-likeness (QED) is 0.440. The molecular formula is C13H12N4OS. The van der Waals surface area contributed by atoms with Gasteiger partial charge in [-0.3, -0.25) is 9.78 Å². The summed E-state index contributed by atoms with van der Waals surface area (Å²) in [5.41, 5.74) is 2.53. The second kappa shape index (κ2) is 4.62. The SMILES string of the molecule is CCSc1nc2c(nnc3cc(C)ccc32)c(=O)[nH]1. The van der Waals surface area contributed by atoms with Crippen LogP contribution in [0.25, 0.3) is 21.9 Å². The van der Waals surface area contributed by atoms with Crippen molar-refractivity contribution in [1.82, 2.24) is 20.2 Å². The topological polar surface area (TPSA) is 71.5 Å².